The number of nitriles is 1. The lowest BCUT2D eigenvalue weighted by Crippen LogP contribution is -2.03. The van der Waals surface area contributed by atoms with Crippen LogP contribution in [-0.4, -0.2) is 16.5 Å². The SMILES string of the molecule is CCCc1ccc(C#N)c(SCC(=O)c2ccccc2)n1. The number of pyridine rings is 1. The number of rotatable bonds is 6. The van der Waals surface area contributed by atoms with Crippen LogP contribution in [0.2, 0.25) is 0 Å². The van der Waals surface area contributed by atoms with E-state index in [1.807, 2.05) is 24.3 Å². The van der Waals surface area contributed by atoms with Crippen molar-refractivity contribution in [3.8, 4) is 6.07 Å². The van der Waals surface area contributed by atoms with Crippen molar-refractivity contribution in [2.75, 3.05) is 5.75 Å². The predicted octanol–water partition coefficient (Wildman–Crippen LogP) is 3.88. The normalized spacial score (nSPS) is 10.1. The Bertz CT molecular complexity index is 662. The molecular formula is C17H16N2OS. The maximum atomic E-state index is 12.1. The van der Waals surface area contributed by atoms with E-state index in [4.69, 9.17) is 5.26 Å². The molecule has 4 heteroatoms. The van der Waals surface area contributed by atoms with Crippen LogP contribution < -0.4 is 0 Å². The monoisotopic (exact) mass is 296 g/mol. The third-order valence-corrected chi connectivity index (χ3v) is 3.97. The van der Waals surface area contributed by atoms with E-state index in [0.29, 0.717) is 21.9 Å². The summed E-state index contributed by atoms with van der Waals surface area (Å²) in [6.45, 7) is 2.09. The number of carbonyl (C=O) groups is 1. The number of aromatic nitrogens is 1. The molecule has 106 valence electrons. The molecule has 21 heavy (non-hydrogen) atoms. The first-order valence-electron chi connectivity index (χ1n) is 6.85. The summed E-state index contributed by atoms with van der Waals surface area (Å²) in [6.07, 6.45) is 1.89. The first-order chi connectivity index (χ1) is 10.2. The van der Waals surface area contributed by atoms with E-state index in [9.17, 15) is 4.79 Å². The van der Waals surface area contributed by atoms with Gasteiger partial charge in [0.2, 0.25) is 0 Å². The Morgan fingerprint density at radius 1 is 1.24 bits per heavy atom. The van der Waals surface area contributed by atoms with Crippen molar-refractivity contribution >= 4 is 17.5 Å². The van der Waals surface area contributed by atoms with Gasteiger partial charge in [-0.1, -0.05) is 55.4 Å². The molecule has 0 atom stereocenters. The van der Waals surface area contributed by atoms with Gasteiger partial charge in [-0.05, 0) is 18.6 Å². The van der Waals surface area contributed by atoms with Crippen molar-refractivity contribution in [1.82, 2.24) is 4.98 Å². The first-order valence-corrected chi connectivity index (χ1v) is 7.84. The number of aryl methyl sites for hydroxylation is 1. The lowest BCUT2D eigenvalue weighted by molar-refractivity contribution is 0.102. The number of hydrogen-bond donors (Lipinski definition) is 0. The topological polar surface area (TPSA) is 53.8 Å². The van der Waals surface area contributed by atoms with Crippen LogP contribution in [0.1, 0.15) is 35.0 Å². The van der Waals surface area contributed by atoms with Gasteiger partial charge in [0.25, 0.3) is 0 Å². The molecule has 0 aliphatic heterocycles. The zero-order valence-electron chi connectivity index (χ0n) is 11.9. The Morgan fingerprint density at radius 3 is 2.67 bits per heavy atom. The molecule has 3 nitrogen and oxygen atoms in total. The Hall–Kier alpha value is -2.12. The van der Waals surface area contributed by atoms with Crippen LogP contribution in [0.5, 0.6) is 0 Å². The highest BCUT2D eigenvalue weighted by atomic mass is 32.2. The zero-order valence-corrected chi connectivity index (χ0v) is 12.7. The number of ketones is 1. The summed E-state index contributed by atoms with van der Waals surface area (Å²) >= 11 is 1.33. The van der Waals surface area contributed by atoms with Gasteiger partial charge in [0, 0.05) is 11.3 Å². The Morgan fingerprint density at radius 2 is 2.00 bits per heavy atom. The third-order valence-electron chi connectivity index (χ3n) is 2.98. The number of hydrogen-bond acceptors (Lipinski definition) is 4. The second-order valence-electron chi connectivity index (χ2n) is 4.59. The minimum atomic E-state index is 0.0483. The number of nitrogens with zero attached hydrogens (tertiary/aromatic N) is 2. The van der Waals surface area contributed by atoms with Gasteiger partial charge in [-0.3, -0.25) is 4.79 Å². The van der Waals surface area contributed by atoms with Gasteiger partial charge in [-0.15, -0.1) is 0 Å². The van der Waals surface area contributed by atoms with Crippen molar-refractivity contribution in [2.45, 2.75) is 24.8 Å². The Labute approximate surface area is 129 Å². The molecule has 1 aromatic carbocycles. The van der Waals surface area contributed by atoms with E-state index < -0.39 is 0 Å². The number of thioether (sulfide) groups is 1. The third kappa shape index (κ3) is 4.17. The second kappa shape index (κ2) is 7.61. The van der Waals surface area contributed by atoms with Crippen molar-refractivity contribution in [3.63, 3.8) is 0 Å². The van der Waals surface area contributed by atoms with Gasteiger partial charge in [-0.25, -0.2) is 4.98 Å². The van der Waals surface area contributed by atoms with Gasteiger partial charge < -0.3 is 0 Å². The molecule has 2 rings (SSSR count). The van der Waals surface area contributed by atoms with Crippen molar-refractivity contribution in [1.29, 1.82) is 5.26 Å². The Kier molecular flexibility index (Phi) is 5.53. The van der Waals surface area contributed by atoms with E-state index in [1.54, 1.807) is 18.2 Å². The maximum absolute atomic E-state index is 12.1. The molecule has 0 fully saturated rings. The number of carbonyl (C=O) groups excluding carboxylic acids is 1. The highest BCUT2D eigenvalue weighted by Crippen LogP contribution is 2.22. The molecular weight excluding hydrogens is 280 g/mol. The van der Waals surface area contributed by atoms with Crippen LogP contribution in [0.3, 0.4) is 0 Å². The van der Waals surface area contributed by atoms with E-state index in [1.165, 1.54) is 11.8 Å². The molecule has 0 aliphatic carbocycles. The quantitative estimate of drug-likeness (QED) is 0.599. The van der Waals surface area contributed by atoms with Crippen LogP contribution in [0.15, 0.2) is 47.5 Å². The highest BCUT2D eigenvalue weighted by Gasteiger charge is 2.10. The van der Waals surface area contributed by atoms with E-state index in [0.717, 1.165) is 18.5 Å². The fourth-order valence-corrected chi connectivity index (χ4v) is 2.80. The van der Waals surface area contributed by atoms with E-state index >= 15 is 0 Å². The van der Waals surface area contributed by atoms with Crippen LogP contribution in [0, 0.1) is 11.3 Å². The van der Waals surface area contributed by atoms with E-state index in [-0.39, 0.29) is 5.78 Å². The van der Waals surface area contributed by atoms with Crippen LogP contribution in [-0.2, 0) is 6.42 Å². The van der Waals surface area contributed by atoms with Crippen LogP contribution in [0.25, 0.3) is 0 Å². The Balaban J connectivity index is 2.10. The fraction of sp³-hybridized carbons (Fsp3) is 0.235. The fourth-order valence-electron chi connectivity index (χ4n) is 1.91. The molecule has 0 spiro atoms. The van der Waals surface area contributed by atoms with Gasteiger partial charge >= 0.3 is 0 Å². The molecule has 0 bridgehead atoms. The standard InChI is InChI=1S/C17H16N2OS/c1-2-6-15-10-9-14(11-18)17(19-15)21-12-16(20)13-7-4-3-5-8-13/h3-5,7-10H,2,6,12H2,1H3. The van der Waals surface area contributed by atoms with Crippen molar-refractivity contribution in [2.24, 2.45) is 0 Å². The van der Waals surface area contributed by atoms with E-state index in [2.05, 4.69) is 18.0 Å². The summed E-state index contributed by atoms with van der Waals surface area (Å²) in [5, 5.41) is 9.78. The average molecular weight is 296 g/mol. The second-order valence-corrected chi connectivity index (χ2v) is 5.56. The molecule has 1 aromatic heterocycles. The minimum Gasteiger partial charge on any atom is -0.293 e. The molecule has 2 aromatic rings. The number of Topliss-reactive ketones (excluding diaryl/α,β-unsaturated/α-hetero) is 1. The van der Waals surface area contributed by atoms with Crippen molar-refractivity contribution < 1.29 is 4.79 Å². The van der Waals surface area contributed by atoms with Crippen LogP contribution in [0.4, 0.5) is 0 Å². The molecule has 0 N–H and O–H groups in total. The molecule has 1 heterocycles. The van der Waals surface area contributed by atoms with Gasteiger partial charge in [0.05, 0.1) is 11.3 Å². The molecule has 0 saturated heterocycles. The maximum Gasteiger partial charge on any atom is 0.173 e. The van der Waals surface area contributed by atoms with Crippen LogP contribution >= 0.6 is 11.8 Å². The minimum absolute atomic E-state index is 0.0483. The molecule has 0 aliphatic rings. The smallest absolute Gasteiger partial charge is 0.173 e. The largest absolute Gasteiger partial charge is 0.293 e. The zero-order chi connectivity index (χ0) is 15.1. The summed E-state index contributed by atoms with van der Waals surface area (Å²) in [4.78, 5) is 16.6. The summed E-state index contributed by atoms with van der Waals surface area (Å²) in [7, 11) is 0. The van der Waals surface area contributed by atoms with Gasteiger partial charge in [0.15, 0.2) is 5.78 Å². The summed E-state index contributed by atoms with van der Waals surface area (Å²) in [5.41, 5.74) is 2.18. The van der Waals surface area contributed by atoms with Crippen molar-refractivity contribution in [3.05, 3.63) is 59.3 Å². The molecule has 0 saturated carbocycles. The molecule has 0 radical (unpaired) electrons. The average Bonchev–Trinajstić information content (AvgIpc) is 2.54. The first kappa shape index (κ1) is 15.3. The lowest BCUT2D eigenvalue weighted by Gasteiger charge is -2.05. The summed E-state index contributed by atoms with van der Waals surface area (Å²) in [5.74, 6) is 0.341. The highest BCUT2D eigenvalue weighted by molar-refractivity contribution is 8.00. The summed E-state index contributed by atoms with van der Waals surface area (Å²) in [6, 6.07) is 15.0. The number of benzene rings is 1. The van der Waals surface area contributed by atoms with Gasteiger partial charge in [-0.2, -0.15) is 5.26 Å². The lowest BCUT2D eigenvalue weighted by atomic mass is 10.2. The van der Waals surface area contributed by atoms with Gasteiger partial charge in [0.1, 0.15) is 11.1 Å². The molecule has 0 unspecified atom stereocenters. The molecule has 0 amide bonds. The summed E-state index contributed by atoms with van der Waals surface area (Å²) < 4.78 is 0. The predicted molar refractivity (Wildman–Crippen MR) is 84.4 cm³/mol.